The van der Waals surface area contributed by atoms with Gasteiger partial charge in [0.1, 0.15) is 12.2 Å². The number of carbonyl (C=O) groups is 1. The average Bonchev–Trinajstić information content (AvgIpc) is 3.06. The normalized spacial score (nSPS) is 13.0. The minimum Gasteiger partial charge on any atom is -0.361 e. The number of benzene rings is 1. The van der Waals surface area contributed by atoms with Gasteiger partial charge in [-0.25, -0.2) is 9.97 Å². The molecule has 0 bridgehead atoms. The highest BCUT2D eigenvalue weighted by molar-refractivity contribution is 6.88. The van der Waals surface area contributed by atoms with Crippen LogP contribution in [0.1, 0.15) is 31.1 Å². The maximum Gasteiger partial charge on any atom is 0.171 e. The highest BCUT2D eigenvalue weighted by Gasteiger charge is 2.28. The van der Waals surface area contributed by atoms with Gasteiger partial charge in [-0.05, 0) is 6.04 Å². The first-order valence-electron chi connectivity index (χ1n) is 11.8. The lowest BCUT2D eigenvalue weighted by molar-refractivity contribution is 0.0849. The largest absolute Gasteiger partial charge is 0.361 e. The minimum atomic E-state index is -1.45. The zero-order chi connectivity index (χ0) is 24.6. The number of rotatable bonds is 8. The van der Waals surface area contributed by atoms with Gasteiger partial charge in [0.25, 0.3) is 0 Å². The molecule has 0 saturated carbocycles. The number of hydrogen-bond donors (Lipinski definition) is 0. The third-order valence-corrected chi connectivity index (χ3v) is 9.49. The molecule has 1 aromatic carbocycles. The molecule has 0 unspecified atom stereocenters. The van der Waals surface area contributed by atoms with Gasteiger partial charge in [0, 0.05) is 31.9 Å². The summed E-state index contributed by atoms with van der Waals surface area (Å²) >= 11 is 0. The standard InChI is InChI=1S/C26H39N3O2Si2/c1-26(2,3)24(30)21-17-29(18-31-13-14-32(4,5)6)25-23(21)28-22(16-27-25)19-11-10-12-20(15-19)33(7,8)9/h10-12,15-17H,13-14,18H2,1-9H3. The fourth-order valence-electron chi connectivity index (χ4n) is 3.55. The Hall–Kier alpha value is -2.10. The molecular formula is C26H39N3O2Si2. The van der Waals surface area contributed by atoms with Crippen molar-refractivity contribution in [2.75, 3.05) is 6.61 Å². The summed E-state index contributed by atoms with van der Waals surface area (Å²) in [5.41, 5.74) is 3.29. The molecule has 2 aromatic heterocycles. The molecule has 3 rings (SSSR count). The number of ketones is 1. The molecule has 0 amide bonds. The predicted octanol–water partition coefficient (Wildman–Crippen LogP) is 6.18. The maximum absolute atomic E-state index is 13.3. The van der Waals surface area contributed by atoms with E-state index in [2.05, 4.69) is 63.5 Å². The van der Waals surface area contributed by atoms with Crippen LogP contribution in [0.25, 0.3) is 22.4 Å². The topological polar surface area (TPSA) is 57.0 Å². The molecule has 0 atom stereocenters. The summed E-state index contributed by atoms with van der Waals surface area (Å²) in [7, 11) is -2.62. The van der Waals surface area contributed by atoms with Crippen LogP contribution in [-0.2, 0) is 11.5 Å². The van der Waals surface area contributed by atoms with Crippen LogP contribution in [0, 0.1) is 5.41 Å². The summed E-state index contributed by atoms with van der Waals surface area (Å²) in [6.07, 6.45) is 3.69. The van der Waals surface area contributed by atoms with E-state index in [1.165, 1.54) is 5.19 Å². The number of carbonyl (C=O) groups excluding carboxylic acids is 1. The molecule has 0 N–H and O–H groups in total. The van der Waals surface area contributed by atoms with Crippen LogP contribution in [0.5, 0.6) is 0 Å². The Morgan fingerprint density at radius 2 is 1.79 bits per heavy atom. The second-order valence-corrected chi connectivity index (χ2v) is 22.9. The highest BCUT2D eigenvalue weighted by Crippen LogP contribution is 2.28. The van der Waals surface area contributed by atoms with Crippen molar-refractivity contribution < 1.29 is 9.53 Å². The molecule has 0 spiro atoms. The Balaban J connectivity index is 2.03. The van der Waals surface area contributed by atoms with Crippen LogP contribution in [0.3, 0.4) is 0 Å². The number of fused-ring (bicyclic) bond motifs is 1. The second kappa shape index (κ2) is 9.27. The maximum atomic E-state index is 13.3. The van der Waals surface area contributed by atoms with Crippen LogP contribution in [0.4, 0.5) is 0 Å². The third kappa shape index (κ3) is 6.28. The van der Waals surface area contributed by atoms with Gasteiger partial charge >= 0.3 is 0 Å². The van der Waals surface area contributed by atoms with Crippen LogP contribution in [0.2, 0.25) is 45.3 Å². The molecule has 33 heavy (non-hydrogen) atoms. The fourth-order valence-corrected chi connectivity index (χ4v) is 5.49. The van der Waals surface area contributed by atoms with Crippen LogP contribution in [0.15, 0.2) is 36.7 Å². The zero-order valence-electron chi connectivity index (χ0n) is 21.7. The molecule has 0 aliphatic carbocycles. The van der Waals surface area contributed by atoms with E-state index in [9.17, 15) is 4.79 Å². The Kier molecular flexibility index (Phi) is 7.17. The monoisotopic (exact) mass is 481 g/mol. The number of ether oxygens (including phenoxy) is 1. The Bertz CT molecular complexity index is 1150. The second-order valence-electron chi connectivity index (χ2n) is 12.2. The summed E-state index contributed by atoms with van der Waals surface area (Å²) in [6.45, 7) is 20.9. The first-order valence-corrected chi connectivity index (χ1v) is 19.0. The molecule has 5 nitrogen and oxygen atoms in total. The lowest BCUT2D eigenvalue weighted by atomic mass is 9.87. The van der Waals surface area contributed by atoms with Gasteiger partial charge < -0.3 is 9.30 Å². The van der Waals surface area contributed by atoms with Crippen molar-refractivity contribution in [2.24, 2.45) is 5.41 Å². The first kappa shape index (κ1) is 25.5. The molecule has 2 heterocycles. The molecule has 0 aliphatic rings. The molecule has 0 radical (unpaired) electrons. The average molecular weight is 482 g/mol. The van der Waals surface area contributed by atoms with Crippen LogP contribution < -0.4 is 5.19 Å². The van der Waals surface area contributed by atoms with Gasteiger partial charge in [-0.2, -0.15) is 0 Å². The Morgan fingerprint density at radius 1 is 1.09 bits per heavy atom. The van der Waals surface area contributed by atoms with E-state index in [-0.39, 0.29) is 5.78 Å². The smallest absolute Gasteiger partial charge is 0.171 e. The van der Waals surface area contributed by atoms with E-state index in [1.807, 2.05) is 37.7 Å². The molecule has 0 aliphatic heterocycles. The molecule has 0 saturated heterocycles. The van der Waals surface area contributed by atoms with E-state index >= 15 is 0 Å². The van der Waals surface area contributed by atoms with Crippen LogP contribution in [-0.4, -0.2) is 43.1 Å². The third-order valence-electron chi connectivity index (χ3n) is 5.74. The summed E-state index contributed by atoms with van der Waals surface area (Å²) in [4.78, 5) is 23.0. The van der Waals surface area contributed by atoms with Crippen molar-refractivity contribution >= 4 is 38.3 Å². The minimum absolute atomic E-state index is 0.0654. The van der Waals surface area contributed by atoms with Crippen molar-refractivity contribution in [3.05, 3.63) is 42.2 Å². The quantitative estimate of drug-likeness (QED) is 0.219. The van der Waals surface area contributed by atoms with Crippen molar-refractivity contribution in [3.8, 4) is 11.3 Å². The predicted molar refractivity (Wildman–Crippen MR) is 144 cm³/mol. The highest BCUT2D eigenvalue weighted by atomic mass is 28.3. The molecule has 178 valence electrons. The van der Waals surface area contributed by atoms with Crippen LogP contribution >= 0.6 is 0 Å². The van der Waals surface area contributed by atoms with Crippen molar-refractivity contribution in [1.29, 1.82) is 0 Å². The van der Waals surface area contributed by atoms with E-state index in [4.69, 9.17) is 14.7 Å². The Morgan fingerprint density at radius 3 is 2.39 bits per heavy atom. The summed E-state index contributed by atoms with van der Waals surface area (Å²) < 4.78 is 7.90. The Labute approximate surface area is 200 Å². The lowest BCUT2D eigenvalue weighted by Crippen LogP contribution is -2.37. The number of aromatic nitrogens is 3. The van der Waals surface area contributed by atoms with E-state index in [0.29, 0.717) is 30.1 Å². The molecule has 0 fully saturated rings. The van der Waals surface area contributed by atoms with E-state index in [0.717, 1.165) is 17.3 Å². The summed E-state index contributed by atoms with van der Waals surface area (Å²) in [5.74, 6) is 0.0654. The van der Waals surface area contributed by atoms with Gasteiger partial charge in [0.2, 0.25) is 0 Å². The van der Waals surface area contributed by atoms with Gasteiger partial charge in [-0.15, -0.1) is 0 Å². The van der Waals surface area contributed by atoms with Gasteiger partial charge in [0.15, 0.2) is 11.4 Å². The lowest BCUT2D eigenvalue weighted by Gasteiger charge is -2.17. The summed E-state index contributed by atoms with van der Waals surface area (Å²) in [6, 6.07) is 9.69. The van der Waals surface area contributed by atoms with Crippen molar-refractivity contribution in [3.63, 3.8) is 0 Å². The van der Waals surface area contributed by atoms with Crippen molar-refractivity contribution in [2.45, 2.75) is 72.8 Å². The number of hydrogen-bond acceptors (Lipinski definition) is 4. The molecule has 3 aromatic rings. The summed E-state index contributed by atoms with van der Waals surface area (Å²) in [5, 5.41) is 1.38. The van der Waals surface area contributed by atoms with Gasteiger partial charge in [-0.3, -0.25) is 4.79 Å². The molecule has 7 heteroatoms. The number of nitrogens with zero attached hydrogens (tertiary/aromatic N) is 3. The van der Waals surface area contributed by atoms with Crippen molar-refractivity contribution in [1.82, 2.24) is 14.5 Å². The zero-order valence-corrected chi connectivity index (χ0v) is 23.7. The van der Waals surface area contributed by atoms with Gasteiger partial charge in [-0.1, -0.05) is 89.5 Å². The number of Topliss-reactive ketones (excluding diaryl/α,β-unsaturated/α-hetero) is 1. The SMILES string of the molecule is CC(C)(C)C(=O)c1cn(COCC[Si](C)(C)C)c2ncc(-c3cccc([Si](C)(C)C)c3)nc12. The van der Waals surface area contributed by atoms with E-state index in [1.54, 1.807) is 0 Å². The first-order chi connectivity index (χ1) is 15.2. The fraction of sp³-hybridized carbons (Fsp3) is 0.500. The van der Waals surface area contributed by atoms with E-state index < -0.39 is 21.6 Å². The van der Waals surface area contributed by atoms with Gasteiger partial charge in [0.05, 0.1) is 25.5 Å². The molecular weight excluding hydrogens is 442 g/mol.